The number of aliphatic hydroxyl groups is 2. The maximum atomic E-state index is 13.5. The molecule has 2 N–H and O–H groups in total. The van der Waals surface area contributed by atoms with E-state index in [0.717, 1.165) is 0 Å². The van der Waals surface area contributed by atoms with Crippen LogP contribution < -0.4 is 0 Å². The molecule has 7 nitrogen and oxygen atoms in total. The third kappa shape index (κ3) is 2.05. The number of ketones is 1. The average molecular weight is 394 g/mol. The van der Waals surface area contributed by atoms with Gasteiger partial charge in [-0.2, -0.15) is 0 Å². The number of carbonyl (C=O) groups excluding carboxylic acids is 2. The monoisotopic (exact) mass is 394 g/mol. The van der Waals surface area contributed by atoms with Gasteiger partial charge in [-0.3, -0.25) is 9.59 Å². The number of fused-ring (bicyclic) bond motifs is 2. The Morgan fingerprint density at radius 1 is 1.25 bits per heavy atom. The molecule has 1 heterocycles. The van der Waals surface area contributed by atoms with Gasteiger partial charge in [-0.15, -0.1) is 0 Å². The summed E-state index contributed by atoms with van der Waals surface area (Å²) in [5, 5.41) is 23.3. The summed E-state index contributed by atoms with van der Waals surface area (Å²) >= 11 is 0. The van der Waals surface area contributed by atoms with Crippen LogP contribution in [-0.4, -0.2) is 60.1 Å². The third-order valence-electron chi connectivity index (χ3n) is 8.65. The molecule has 0 spiro atoms. The van der Waals surface area contributed by atoms with E-state index in [9.17, 15) is 19.8 Å². The largest absolute Gasteiger partial charge is 0.493 e. The summed E-state index contributed by atoms with van der Waals surface area (Å²) in [6.45, 7) is 5.52. The number of carbonyl (C=O) groups is 2. The van der Waals surface area contributed by atoms with Crippen molar-refractivity contribution < 1.29 is 34.0 Å². The first-order valence-corrected chi connectivity index (χ1v) is 9.99. The van der Waals surface area contributed by atoms with E-state index < -0.39 is 52.5 Å². The Morgan fingerprint density at radius 2 is 1.93 bits per heavy atom. The molecule has 4 aliphatic rings. The second kappa shape index (κ2) is 6.03. The quantitative estimate of drug-likeness (QED) is 0.679. The topological polar surface area (TPSA) is 102 Å². The Labute approximate surface area is 165 Å². The summed E-state index contributed by atoms with van der Waals surface area (Å²) in [5.41, 5.74) is -3.38. The SMILES string of the molecule is COC1=CC[C@@H]2C[C@H]3OC(=O)C[C@@]4(O)[C@@H](C)[C@H](OC)[C@@H](O)[C@@H]([C@@]2(C)C1=O)[C@@]34C. The van der Waals surface area contributed by atoms with E-state index in [2.05, 4.69) is 0 Å². The zero-order chi connectivity index (χ0) is 20.6. The van der Waals surface area contributed by atoms with Crippen LogP contribution in [0, 0.1) is 28.6 Å². The first-order valence-electron chi connectivity index (χ1n) is 9.99. The predicted molar refractivity (Wildman–Crippen MR) is 97.9 cm³/mol. The summed E-state index contributed by atoms with van der Waals surface area (Å²) in [6.07, 6.45) is 0.402. The Hall–Kier alpha value is -1.44. The van der Waals surface area contributed by atoms with Crippen LogP contribution in [0.1, 0.15) is 40.0 Å². The molecule has 9 atom stereocenters. The van der Waals surface area contributed by atoms with Crippen molar-refractivity contribution in [2.75, 3.05) is 14.2 Å². The lowest BCUT2D eigenvalue weighted by atomic mass is 9.37. The van der Waals surface area contributed by atoms with E-state index in [1.807, 2.05) is 13.8 Å². The van der Waals surface area contributed by atoms with E-state index in [-0.39, 0.29) is 23.9 Å². The third-order valence-corrected chi connectivity index (χ3v) is 8.65. The first-order chi connectivity index (χ1) is 13.1. The molecule has 28 heavy (non-hydrogen) atoms. The van der Waals surface area contributed by atoms with Gasteiger partial charge in [0.25, 0.3) is 0 Å². The lowest BCUT2D eigenvalue weighted by molar-refractivity contribution is -0.329. The van der Waals surface area contributed by atoms with E-state index in [1.165, 1.54) is 14.2 Å². The smallest absolute Gasteiger partial charge is 0.309 e. The van der Waals surface area contributed by atoms with Crippen LogP contribution in [0.25, 0.3) is 0 Å². The molecule has 0 radical (unpaired) electrons. The van der Waals surface area contributed by atoms with Gasteiger partial charge in [0.15, 0.2) is 5.76 Å². The number of methoxy groups -OCH3 is 2. The summed E-state index contributed by atoms with van der Waals surface area (Å²) < 4.78 is 16.7. The second-order valence-electron chi connectivity index (χ2n) is 9.37. The van der Waals surface area contributed by atoms with Crippen molar-refractivity contribution in [3.8, 4) is 0 Å². The molecule has 2 saturated carbocycles. The highest BCUT2D eigenvalue weighted by molar-refractivity contribution is 5.99. The molecule has 7 heteroatoms. The molecular weight excluding hydrogens is 364 g/mol. The lowest BCUT2D eigenvalue weighted by Crippen LogP contribution is -2.79. The van der Waals surface area contributed by atoms with Crippen LogP contribution in [0.3, 0.4) is 0 Å². The van der Waals surface area contributed by atoms with Crippen molar-refractivity contribution in [2.24, 2.45) is 28.6 Å². The van der Waals surface area contributed by atoms with E-state index in [4.69, 9.17) is 14.2 Å². The Bertz CT molecular complexity index is 747. The van der Waals surface area contributed by atoms with Crippen LogP contribution in [0.15, 0.2) is 11.8 Å². The predicted octanol–water partition coefficient (Wildman–Crippen LogP) is 1.21. The summed E-state index contributed by atoms with van der Waals surface area (Å²) in [5.74, 6) is -1.59. The van der Waals surface area contributed by atoms with Gasteiger partial charge in [0.1, 0.15) is 6.10 Å². The Balaban J connectivity index is 1.95. The normalized spacial score (nSPS) is 52.9. The maximum Gasteiger partial charge on any atom is 0.309 e. The van der Waals surface area contributed by atoms with Gasteiger partial charge in [0, 0.05) is 29.8 Å². The molecule has 3 fully saturated rings. The lowest BCUT2D eigenvalue weighted by Gasteiger charge is -2.70. The van der Waals surface area contributed by atoms with Crippen molar-refractivity contribution in [3.63, 3.8) is 0 Å². The molecule has 0 aromatic carbocycles. The number of esters is 1. The fourth-order valence-electron chi connectivity index (χ4n) is 7.07. The molecular formula is C21H30O7. The minimum absolute atomic E-state index is 0.127. The first kappa shape index (κ1) is 19.9. The van der Waals surface area contributed by atoms with Crippen molar-refractivity contribution >= 4 is 11.8 Å². The van der Waals surface area contributed by atoms with Crippen molar-refractivity contribution in [1.82, 2.24) is 0 Å². The number of rotatable bonds is 2. The van der Waals surface area contributed by atoms with Crippen molar-refractivity contribution in [2.45, 2.75) is 63.9 Å². The van der Waals surface area contributed by atoms with Gasteiger partial charge in [0.05, 0.1) is 31.3 Å². The summed E-state index contributed by atoms with van der Waals surface area (Å²) in [4.78, 5) is 25.9. The number of aliphatic hydroxyl groups excluding tert-OH is 1. The van der Waals surface area contributed by atoms with Crippen molar-refractivity contribution in [1.29, 1.82) is 0 Å². The maximum absolute atomic E-state index is 13.5. The molecule has 0 unspecified atom stereocenters. The van der Waals surface area contributed by atoms with Crippen LogP contribution >= 0.6 is 0 Å². The van der Waals surface area contributed by atoms with Crippen LogP contribution in [0.2, 0.25) is 0 Å². The van der Waals surface area contributed by atoms with E-state index in [0.29, 0.717) is 12.8 Å². The average Bonchev–Trinajstić information content (AvgIpc) is 2.63. The zero-order valence-electron chi connectivity index (χ0n) is 17.1. The van der Waals surface area contributed by atoms with Crippen LogP contribution in [0.5, 0.6) is 0 Å². The van der Waals surface area contributed by atoms with Crippen molar-refractivity contribution in [3.05, 3.63) is 11.8 Å². The Kier molecular flexibility index (Phi) is 4.28. The Morgan fingerprint density at radius 3 is 2.54 bits per heavy atom. The molecule has 1 saturated heterocycles. The van der Waals surface area contributed by atoms with Gasteiger partial charge >= 0.3 is 5.97 Å². The van der Waals surface area contributed by atoms with Gasteiger partial charge in [-0.25, -0.2) is 0 Å². The summed E-state index contributed by atoms with van der Waals surface area (Å²) in [7, 11) is 2.96. The number of hydrogen-bond acceptors (Lipinski definition) is 7. The van der Waals surface area contributed by atoms with Gasteiger partial charge < -0.3 is 24.4 Å². The molecule has 0 bridgehead atoms. The van der Waals surface area contributed by atoms with Gasteiger partial charge in [-0.05, 0) is 24.8 Å². The highest BCUT2D eigenvalue weighted by Crippen LogP contribution is 2.68. The minimum atomic E-state index is -1.44. The fraction of sp³-hybridized carbons (Fsp3) is 0.810. The highest BCUT2D eigenvalue weighted by atomic mass is 16.6. The zero-order valence-corrected chi connectivity index (χ0v) is 17.1. The standard InChI is InChI=1S/C21H30O7/c1-10-16(27-5)15(23)17-19(2)11(6-7-12(26-4)18(19)24)8-13-20(17,3)21(10,25)9-14(22)28-13/h7,10-11,13,15-17,23,25H,6,8-9H2,1-5H3/t10-,11+,13+,15+,16-,17-,19-,20+,21+/m0/s1. The number of Topliss-reactive ketones (excluding diaryl/α,β-unsaturated/α-hetero) is 1. The molecule has 156 valence electrons. The van der Waals surface area contributed by atoms with Gasteiger partial charge in [0.2, 0.25) is 5.78 Å². The molecule has 0 amide bonds. The summed E-state index contributed by atoms with van der Waals surface area (Å²) in [6, 6.07) is 0. The van der Waals surface area contributed by atoms with Crippen LogP contribution in [0.4, 0.5) is 0 Å². The van der Waals surface area contributed by atoms with E-state index in [1.54, 1.807) is 13.0 Å². The van der Waals surface area contributed by atoms with E-state index >= 15 is 0 Å². The molecule has 3 aliphatic carbocycles. The molecule has 0 aromatic heterocycles. The highest BCUT2D eigenvalue weighted by Gasteiger charge is 2.77. The number of ether oxygens (including phenoxy) is 3. The van der Waals surface area contributed by atoms with Gasteiger partial charge in [-0.1, -0.05) is 20.8 Å². The fourth-order valence-corrected chi connectivity index (χ4v) is 7.07. The molecule has 0 aromatic rings. The number of hydrogen-bond donors (Lipinski definition) is 2. The second-order valence-corrected chi connectivity index (χ2v) is 9.37. The molecule has 1 aliphatic heterocycles. The molecule has 4 rings (SSSR count). The van der Waals surface area contributed by atoms with Crippen LogP contribution in [-0.2, 0) is 23.8 Å². The number of allylic oxidation sites excluding steroid dienone is 2. The minimum Gasteiger partial charge on any atom is -0.493 e.